The molecule has 3 nitrogen and oxygen atoms in total. The lowest BCUT2D eigenvalue weighted by Crippen LogP contribution is -2.21. The number of esters is 1. The summed E-state index contributed by atoms with van der Waals surface area (Å²) in [5, 5.41) is 0. The van der Waals surface area contributed by atoms with Crippen molar-refractivity contribution >= 4 is 5.97 Å². The van der Waals surface area contributed by atoms with Gasteiger partial charge in [-0.25, -0.2) is 0 Å². The lowest BCUT2D eigenvalue weighted by Gasteiger charge is -2.18. The molecule has 1 atom stereocenters. The molecule has 0 spiro atoms. The van der Waals surface area contributed by atoms with Crippen LogP contribution in [0.3, 0.4) is 0 Å². The van der Waals surface area contributed by atoms with Gasteiger partial charge in [0.1, 0.15) is 0 Å². The van der Waals surface area contributed by atoms with Crippen LogP contribution in [0.2, 0.25) is 0 Å². The summed E-state index contributed by atoms with van der Waals surface area (Å²) in [4.78, 5) is 10.9. The van der Waals surface area contributed by atoms with Crippen molar-refractivity contribution < 1.29 is 14.3 Å². The second kappa shape index (κ2) is 3.22. The highest BCUT2D eigenvalue weighted by Gasteiger charge is 2.32. The molecule has 0 aromatic heterocycles. The Labute approximate surface area is 66.7 Å². The van der Waals surface area contributed by atoms with E-state index in [0.717, 1.165) is 13.0 Å². The van der Waals surface area contributed by atoms with E-state index in [1.54, 1.807) is 0 Å². The van der Waals surface area contributed by atoms with Gasteiger partial charge in [0.15, 0.2) is 0 Å². The van der Waals surface area contributed by atoms with Gasteiger partial charge in [0, 0.05) is 12.0 Å². The van der Waals surface area contributed by atoms with Crippen LogP contribution < -0.4 is 0 Å². The van der Waals surface area contributed by atoms with Crippen molar-refractivity contribution in [2.24, 2.45) is 5.41 Å². The van der Waals surface area contributed by atoms with Gasteiger partial charge in [0.05, 0.1) is 20.1 Å². The minimum absolute atomic E-state index is 0.0209. The summed E-state index contributed by atoms with van der Waals surface area (Å²) in [6.07, 6.45) is 1.44. The first kappa shape index (κ1) is 8.53. The van der Waals surface area contributed by atoms with Crippen molar-refractivity contribution in [3.8, 4) is 0 Å². The van der Waals surface area contributed by atoms with Crippen molar-refractivity contribution in [2.75, 3.05) is 20.3 Å². The monoisotopic (exact) mass is 158 g/mol. The smallest absolute Gasteiger partial charge is 0.306 e. The predicted molar refractivity (Wildman–Crippen MR) is 40.2 cm³/mol. The van der Waals surface area contributed by atoms with Crippen LogP contribution in [0.1, 0.15) is 19.8 Å². The van der Waals surface area contributed by atoms with E-state index in [1.807, 2.05) is 0 Å². The van der Waals surface area contributed by atoms with E-state index >= 15 is 0 Å². The summed E-state index contributed by atoms with van der Waals surface area (Å²) < 4.78 is 9.78. The standard InChI is InChI=1S/C8H14O3/c1-8(3-4-11-6-8)5-7(9)10-2/h3-6H2,1-2H3. The third kappa shape index (κ3) is 2.19. The molecule has 0 amide bonds. The molecule has 1 aliphatic heterocycles. The molecule has 1 aliphatic rings. The Bertz CT molecular complexity index is 147. The molecule has 3 heteroatoms. The number of hydrogen-bond acceptors (Lipinski definition) is 3. The van der Waals surface area contributed by atoms with Crippen molar-refractivity contribution in [3.05, 3.63) is 0 Å². The molecule has 0 radical (unpaired) electrons. The molecule has 64 valence electrons. The predicted octanol–water partition coefficient (Wildman–Crippen LogP) is 0.976. The van der Waals surface area contributed by atoms with Crippen LogP contribution in [-0.4, -0.2) is 26.3 Å². The molecule has 11 heavy (non-hydrogen) atoms. The lowest BCUT2D eigenvalue weighted by atomic mass is 9.86. The number of hydrogen-bond donors (Lipinski definition) is 0. The van der Waals surface area contributed by atoms with E-state index < -0.39 is 0 Å². The average Bonchev–Trinajstić information content (AvgIpc) is 2.36. The SMILES string of the molecule is COC(=O)CC1(C)CCOC1. The Morgan fingerprint density at radius 2 is 2.45 bits per heavy atom. The van der Waals surface area contributed by atoms with E-state index in [9.17, 15) is 4.79 Å². The average molecular weight is 158 g/mol. The number of carbonyl (C=O) groups is 1. The molecule has 1 saturated heterocycles. The molecule has 0 aromatic carbocycles. The lowest BCUT2D eigenvalue weighted by molar-refractivity contribution is -0.143. The van der Waals surface area contributed by atoms with E-state index in [-0.39, 0.29) is 11.4 Å². The summed E-state index contributed by atoms with van der Waals surface area (Å²) in [6.45, 7) is 3.51. The maximum absolute atomic E-state index is 10.9. The van der Waals surface area contributed by atoms with Gasteiger partial charge < -0.3 is 9.47 Å². The maximum Gasteiger partial charge on any atom is 0.306 e. The van der Waals surface area contributed by atoms with Crippen molar-refractivity contribution in [1.82, 2.24) is 0 Å². The third-order valence-electron chi connectivity index (χ3n) is 2.10. The van der Waals surface area contributed by atoms with Crippen LogP contribution in [0.5, 0.6) is 0 Å². The molecule has 1 rings (SSSR count). The molecule has 1 heterocycles. The maximum atomic E-state index is 10.9. The first-order valence-corrected chi connectivity index (χ1v) is 3.81. The summed E-state index contributed by atoms with van der Waals surface area (Å²) in [5.74, 6) is -0.141. The van der Waals surface area contributed by atoms with E-state index in [4.69, 9.17) is 4.74 Å². The highest BCUT2D eigenvalue weighted by Crippen LogP contribution is 2.31. The van der Waals surface area contributed by atoms with Gasteiger partial charge in [-0.15, -0.1) is 0 Å². The van der Waals surface area contributed by atoms with Crippen LogP contribution in [0.4, 0.5) is 0 Å². The second-order valence-corrected chi connectivity index (χ2v) is 3.37. The number of methoxy groups -OCH3 is 1. The molecule has 0 aliphatic carbocycles. The van der Waals surface area contributed by atoms with Crippen LogP contribution >= 0.6 is 0 Å². The van der Waals surface area contributed by atoms with Crippen molar-refractivity contribution in [2.45, 2.75) is 19.8 Å². The Morgan fingerprint density at radius 3 is 2.91 bits per heavy atom. The van der Waals surface area contributed by atoms with Gasteiger partial charge in [-0.2, -0.15) is 0 Å². The summed E-state index contributed by atoms with van der Waals surface area (Å²) in [6, 6.07) is 0. The van der Waals surface area contributed by atoms with Gasteiger partial charge in [0.2, 0.25) is 0 Å². The van der Waals surface area contributed by atoms with Crippen LogP contribution in [-0.2, 0) is 14.3 Å². The van der Waals surface area contributed by atoms with Crippen LogP contribution in [0, 0.1) is 5.41 Å². The summed E-state index contributed by atoms with van der Waals surface area (Å²) in [7, 11) is 1.42. The zero-order valence-electron chi connectivity index (χ0n) is 7.05. The molecular weight excluding hydrogens is 144 g/mol. The van der Waals surface area contributed by atoms with E-state index in [1.165, 1.54) is 7.11 Å². The number of ether oxygens (including phenoxy) is 2. The minimum Gasteiger partial charge on any atom is -0.469 e. The van der Waals surface area contributed by atoms with Gasteiger partial charge in [0.25, 0.3) is 0 Å². The summed E-state index contributed by atoms with van der Waals surface area (Å²) in [5.41, 5.74) is 0.0209. The van der Waals surface area contributed by atoms with Gasteiger partial charge in [-0.05, 0) is 6.42 Å². The number of rotatable bonds is 2. The largest absolute Gasteiger partial charge is 0.469 e. The van der Waals surface area contributed by atoms with Gasteiger partial charge in [-0.3, -0.25) is 4.79 Å². The fraction of sp³-hybridized carbons (Fsp3) is 0.875. The zero-order valence-corrected chi connectivity index (χ0v) is 7.05. The Morgan fingerprint density at radius 1 is 1.73 bits per heavy atom. The van der Waals surface area contributed by atoms with E-state index in [0.29, 0.717) is 13.0 Å². The molecule has 1 unspecified atom stereocenters. The van der Waals surface area contributed by atoms with Crippen LogP contribution in [0.15, 0.2) is 0 Å². The quantitative estimate of drug-likeness (QED) is 0.562. The second-order valence-electron chi connectivity index (χ2n) is 3.37. The zero-order chi connectivity index (χ0) is 8.32. The highest BCUT2D eigenvalue weighted by molar-refractivity contribution is 5.70. The summed E-state index contributed by atoms with van der Waals surface area (Å²) >= 11 is 0. The fourth-order valence-corrected chi connectivity index (χ4v) is 1.27. The molecular formula is C8H14O3. The molecule has 1 fully saturated rings. The van der Waals surface area contributed by atoms with E-state index in [2.05, 4.69) is 11.7 Å². The Balaban J connectivity index is 2.39. The molecule has 0 saturated carbocycles. The molecule has 0 bridgehead atoms. The first-order valence-electron chi connectivity index (χ1n) is 3.81. The fourth-order valence-electron chi connectivity index (χ4n) is 1.27. The highest BCUT2D eigenvalue weighted by atomic mass is 16.5. The third-order valence-corrected chi connectivity index (χ3v) is 2.10. The van der Waals surface area contributed by atoms with Crippen molar-refractivity contribution in [1.29, 1.82) is 0 Å². The van der Waals surface area contributed by atoms with Gasteiger partial charge >= 0.3 is 5.97 Å². The van der Waals surface area contributed by atoms with Crippen molar-refractivity contribution in [3.63, 3.8) is 0 Å². The topological polar surface area (TPSA) is 35.5 Å². The number of carbonyl (C=O) groups excluding carboxylic acids is 1. The Hall–Kier alpha value is -0.570. The normalized spacial score (nSPS) is 30.4. The molecule has 0 aromatic rings. The minimum atomic E-state index is -0.141. The Kier molecular flexibility index (Phi) is 2.49. The van der Waals surface area contributed by atoms with Gasteiger partial charge in [-0.1, -0.05) is 6.92 Å². The molecule has 0 N–H and O–H groups in total. The van der Waals surface area contributed by atoms with Crippen LogP contribution in [0.25, 0.3) is 0 Å². The first-order chi connectivity index (χ1) is 5.16.